The van der Waals surface area contributed by atoms with E-state index >= 15 is 0 Å². The highest BCUT2D eigenvalue weighted by Crippen LogP contribution is 2.48. The van der Waals surface area contributed by atoms with E-state index in [9.17, 15) is 9.59 Å². The summed E-state index contributed by atoms with van der Waals surface area (Å²) >= 11 is 0. The fraction of sp³-hybridized carbons (Fsp3) is 0.259. The number of hydrogen-bond donors (Lipinski definition) is 1. The number of anilines is 2. The van der Waals surface area contributed by atoms with Crippen molar-refractivity contribution < 1.29 is 23.5 Å². The third kappa shape index (κ3) is 3.63. The first-order valence-corrected chi connectivity index (χ1v) is 11.2. The molecule has 1 aromatic heterocycles. The molecule has 2 unspecified atom stereocenters. The number of ether oxygens (including phenoxy) is 2. The van der Waals surface area contributed by atoms with Gasteiger partial charge in [-0.25, -0.2) is 0 Å². The number of hydrogen-bond acceptors (Lipinski definition) is 6. The Morgan fingerprint density at radius 3 is 2.53 bits per heavy atom. The van der Waals surface area contributed by atoms with Crippen LogP contribution >= 0.6 is 0 Å². The van der Waals surface area contributed by atoms with Crippen LogP contribution in [0.3, 0.4) is 0 Å². The van der Waals surface area contributed by atoms with E-state index in [-0.39, 0.29) is 17.6 Å². The van der Waals surface area contributed by atoms with Crippen molar-refractivity contribution >= 4 is 23.1 Å². The van der Waals surface area contributed by atoms with Gasteiger partial charge in [0.1, 0.15) is 5.76 Å². The first-order chi connectivity index (χ1) is 16.5. The highest BCUT2D eigenvalue weighted by Gasteiger charge is 2.41. The molecule has 3 aromatic rings. The van der Waals surface area contributed by atoms with Gasteiger partial charge in [0.2, 0.25) is 5.91 Å². The molecular formula is C27H26N2O5. The number of benzene rings is 2. The minimum absolute atomic E-state index is 0.0195. The summed E-state index contributed by atoms with van der Waals surface area (Å²) in [4.78, 5) is 28.5. The monoisotopic (exact) mass is 458 g/mol. The van der Waals surface area contributed by atoms with Crippen molar-refractivity contribution in [2.75, 3.05) is 24.4 Å². The molecule has 2 aromatic carbocycles. The number of nitrogens with zero attached hydrogens (tertiary/aromatic N) is 1. The lowest BCUT2D eigenvalue weighted by atomic mass is 9.80. The second-order valence-electron chi connectivity index (χ2n) is 8.48. The molecule has 0 fully saturated rings. The zero-order chi connectivity index (χ0) is 23.8. The van der Waals surface area contributed by atoms with Crippen LogP contribution < -0.4 is 19.7 Å². The van der Waals surface area contributed by atoms with Gasteiger partial charge in [0.05, 0.1) is 37.9 Å². The minimum Gasteiger partial charge on any atom is -0.493 e. The number of fused-ring (bicyclic) bond motifs is 1. The smallest absolute Gasteiger partial charge is 0.224 e. The Morgan fingerprint density at radius 1 is 1.03 bits per heavy atom. The van der Waals surface area contributed by atoms with Gasteiger partial charge in [0.15, 0.2) is 17.3 Å². The maximum atomic E-state index is 13.7. The van der Waals surface area contributed by atoms with Gasteiger partial charge < -0.3 is 19.2 Å². The van der Waals surface area contributed by atoms with Crippen LogP contribution in [0.15, 0.2) is 76.5 Å². The fourth-order valence-electron chi connectivity index (χ4n) is 5.00. The first-order valence-electron chi connectivity index (χ1n) is 11.2. The molecule has 1 aliphatic heterocycles. The lowest BCUT2D eigenvalue weighted by molar-refractivity contribution is -0.117. The zero-order valence-electron chi connectivity index (χ0n) is 19.3. The Morgan fingerprint density at radius 2 is 1.82 bits per heavy atom. The highest BCUT2D eigenvalue weighted by molar-refractivity contribution is 6.06. The summed E-state index contributed by atoms with van der Waals surface area (Å²) in [5, 5.41) is 3.49. The van der Waals surface area contributed by atoms with Gasteiger partial charge in [-0.3, -0.25) is 14.5 Å². The molecule has 2 atom stereocenters. The molecule has 2 heterocycles. The Bertz CT molecular complexity index is 1280. The van der Waals surface area contributed by atoms with E-state index < -0.39 is 6.04 Å². The van der Waals surface area contributed by atoms with E-state index in [4.69, 9.17) is 13.9 Å². The fourth-order valence-corrected chi connectivity index (χ4v) is 5.00. The SMILES string of the molecule is COc1ccc(C2C3=C(CC(c4ccco4)CC3=O)Nc3ccccc3N2C(C)=O)cc1OC. The molecule has 0 bridgehead atoms. The summed E-state index contributed by atoms with van der Waals surface area (Å²) in [6.07, 6.45) is 2.53. The van der Waals surface area contributed by atoms with Crippen LogP contribution in [0.5, 0.6) is 11.5 Å². The zero-order valence-corrected chi connectivity index (χ0v) is 19.3. The molecular weight excluding hydrogens is 432 g/mol. The van der Waals surface area contributed by atoms with Gasteiger partial charge in [-0.2, -0.15) is 0 Å². The summed E-state index contributed by atoms with van der Waals surface area (Å²) in [7, 11) is 3.14. The molecule has 7 nitrogen and oxygen atoms in total. The first kappa shape index (κ1) is 21.8. The number of furan rings is 1. The van der Waals surface area contributed by atoms with Crippen LogP contribution in [-0.4, -0.2) is 25.9 Å². The summed E-state index contributed by atoms with van der Waals surface area (Å²) < 4.78 is 16.6. The molecule has 7 heteroatoms. The van der Waals surface area contributed by atoms with Crippen molar-refractivity contribution in [1.29, 1.82) is 0 Å². The number of allylic oxidation sites excluding steroid dienone is 1. The quantitative estimate of drug-likeness (QED) is 0.578. The second-order valence-corrected chi connectivity index (χ2v) is 8.48. The summed E-state index contributed by atoms with van der Waals surface area (Å²) in [5.41, 5.74) is 3.64. The molecule has 0 saturated heterocycles. The Kier molecular flexibility index (Phi) is 5.61. The predicted molar refractivity (Wildman–Crippen MR) is 128 cm³/mol. The Balaban J connectivity index is 1.73. The Labute approximate surface area is 198 Å². The molecule has 1 N–H and O–H groups in total. The predicted octanol–water partition coefficient (Wildman–Crippen LogP) is 5.22. The number of methoxy groups -OCH3 is 2. The van der Waals surface area contributed by atoms with Gasteiger partial charge in [-0.15, -0.1) is 0 Å². The van der Waals surface area contributed by atoms with E-state index in [0.29, 0.717) is 35.6 Å². The van der Waals surface area contributed by atoms with Crippen molar-refractivity contribution in [1.82, 2.24) is 0 Å². The molecule has 5 rings (SSSR count). The van der Waals surface area contributed by atoms with Crippen LogP contribution in [0.4, 0.5) is 11.4 Å². The average molecular weight is 459 g/mol. The number of Topliss-reactive ketones (excluding diaryl/α,β-unsaturated/α-hetero) is 1. The van der Waals surface area contributed by atoms with Crippen molar-refractivity contribution in [3.63, 3.8) is 0 Å². The summed E-state index contributed by atoms with van der Waals surface area (Å²) in [6.45, 7) is 1.52. The topological polar surface area (TPSA) is 81.0 Å². The number of amides is 1. The summed E-state index contributed by atoms with van der Waals surface area (Å²) in [6, 6.07) is 16.3. The van der Waals surface area contributed by atoms with Crippen LogP contribution in [0.1, 0.15) is 43.0 Å². The standard InChI is InChI=1S/C27H26N2O5/c1-16(30)29-21-8-5-4-7-19(21)28-20-13-18(23-9-6-12-34-23)14-22(31)26(20)27(29)17-10-11-24(32-2)25(15-17)33-3/h4-12,15,18,27-28H,13-14H2,1-3H3. The number of carbonyl (C=O) groups excluding carboxylic acids is 2. The minimum atomic E-state index is -0.617. The molecule has 0 spiro atoms. The van der Waals surface area contributed by atoms with Crippen molar-refractivity contribution in [3.8, 4) is 11.5 Å². The Hall–Kier alpha value is -4.00. The normalized spacial score (nSPS) is 19.6. The van der Waals surface area contributed by atoms with Crippen LogP contribution in [-0.2, 0) is 9.59 Å². The second kappa shape index (κ2) is 8.74. The molecule has 0 saturated carbocycles. The third-order valence-corrected chi connectivity index (χ3v) is 6.50. The van der Waals surface area contributed by atoms with E-state index in [2.05, 4.69) is 5.32 Å². The highest BCUT2D eigenvalue weighted by atomic mass is 16.5. The molecule has 1 aliphatic carbocycles. The lowest BCUT2D eigenvalue weighted by Gasteiger charge is -2.34. The largest absolute Gasteiger partial charge is 0.493 e. The van der Waals surface area contributed by atoms with Gasteiger partial charge in [-0.05, 0) is 48.4 Å². The number of rotatable bonds is 4. The van der Waals surface area contributed by atoms with Crippen molar-refractivity contribution in [3.05, 3.63) is 83.5 Å². The molecule has 0 radical (unpaired) electrons. The van der Waals surface area contributed by atoms with E-state index in [1.54, 1.807) is 31.4 Å². The number of nitrogens with one attached hydrogen (secondary N) is 1. The van der Waals surface area contributed by atoms with E-state index in [1.807, 2.05) is 48.5 Å². The molecule has 174 valence electrons. The maximum Gasteiger partial charge on any atom is 0.224 e. The lowest BCUT2D eigenvalue weighted by Crippen LogP contribution is -2.37. The third-order valence-electron chi connectivity index (χ3n) is 6.50. The van der Waals surface area contributed by atoms with Gasteiger partial charge in [0, 0.05) is 30.5 Å². The van der Waals surface area contributed by atoms with Crippen molar-refractivity contribution in [2.45, 2.75) is 31.7 Å². The molecule has 34 heavy (non-hydrogen) atoms. The average Bonchev–Trinajstić information content (AvgIpc) is 3.33. The van der Waals surface area contributed by atoms with Gasteiger partial charge in [0.25, 0.3) is 0 Å². The van der Waals surface area contributed by atoms with E-state index in [0.717, 1.165) is 22.7 Å². The van der Waals surface area contributed by atoms with Gasteiger partial charge in [-0.1, -0.05) is 18.2 Å². The summed E-state index contributed by atoms with van der Waals surface area (Å²) in [5.74, 6) is 1.64. The number of ketones is 1. The number of carbonyl (C=O) groups is 2. The molecule has 1 amide bonds. The molecule has 2 aliphatic rings. The van der Waals surface area contributed by atoms with Crippen LogP contribution in [0.25, 0.3) is 0 Å². The van der Waals surface area contributed by atoms with Crippen LogP contribution in [0.2, 0.25) is 0 Å². The van der Waals surface area contributed by atoms with Gasteiger partial charge >= 0.3 is 0 Å². The van der Waals surface area contributed by atoms with E-state index in [1.165, 1.54) is 6.92 Å². The number of para-hydroxylation sites is 2. The van der Waals surface area contributed by atoms with Crippen LogP contribution in [0, 0.1) is 0 Å². The van der Waals surface area contributed by atoms with Crippen molar-refractivity contribution in [2.24, 2.45) is 0 Å². The maximum absolute atomic E-state index is 13.7.